The van der Waals surface area contributed by atoms with Crippen LogP contribution in [0.25, 0.3) is 0 Å². The Kier molecular flexibility index (Phi) is 6.98. The van der Waals surface area contributed by atoms with Gasteiger partial charge in [-0.3, -0.25) is 4.79 Å². The number of carboxylic acid groups (broad SMARTS) is 1. The van der Waals surface area contributed by atoms with Gasteiger partial charge in [0.25, 0.3) is 5.97 Å². The standard InChI is InChI=1S/C14H18FNO2.C2H4O2/c1-2-18-14(9-7-11(16-17)8-10-14)12-5-3-4-6-13(12)15;1-2(3)4/h3-6,17H,2,7-10H2,1H3;1H3,(H,3,4). The third kappa shape index (κ3) is 4.80. The van der Waals surface area contributed by atoms with Crippen LogP contribution in [0.2, 0.25) is 0 Å². The minimum absolute atomic E-state index is 0.227. The van der Waals surface area contributed by atoms with Gasteiger partial charge in [-0.1, -0.05) is 23.4 Å². The molecule has 1 aliphatic carbocycles. The highest BCUT2D eigenvalue weighted by Crippen LogP contribution is 2.40. The fourth-order valence-electron chi connectivity index (χ4n) is 2.64. The van der Waals surface area contributed by atoms with Gasteiger partial charge in [0.15, 0.2) is 0 Å². The maximum absolute atomic E-state index is 14.0. The van der Waals surface area contributed by atoms with E-state index in [2.05, 4.69) is 5.16 Å². The third-order valence-corrected chi connectivity index (χ3v) is 3.56. The zero-order valence-electron chi connectivity index (χ0n) is 12.9. The number of nitrogens with zero attached hydrogens (tertiary/aromatic N) is 1. The summed E-state index contributed by atoms with van der Waals surface area (Å²) < 4.78 is 19.8. The Morgan fingerprint density at radius 3 is 2.36 bits per heavy atom. The second kappa shape index (κ2) is 8.48. The molecule has 6 heteroatoms. The van der Waals surface area contributed by atoms with Crippen LogP contribution in [0.1, 0.15) is 45.1 Å². The lowest BCUT2D eigenvalue weighted by Crippen LogP contribution is -2.35. The van der Waals surface area contributed by atoms with Crippen molar-refractivity contribution in [2.45, 2.75) is 45.1 Å². The zero-order chi connectivity index (χ0) is 16.6. The highest BCUT2D eigenvalue weighted by molar-refractivity contribution is 5.84. The quantitative estimate of drug-likeness (QED) is 0.661. The number of halogens is 1. The smallest absolute Gasteiger partial charge is 0.300 e. The van der Waals surface area contributed by atoms with Gasteiger partial charge in [0, 0.05) is 19.1 Å². The summed E-state index contributed by atoms with van der Waals surface area (Å²) in [5.74, 6) is -1.06. The van der Waals surface area contributed by atoms with E-state index in [4.69, 9.17) is 19.8 Å². The van der Waals surface area contributed by atoms with E-state index >= 15 is 0 Å². The molecule has 0 spiro atoms. The number of hydrogen-bond donors (Lipinski definition) is 2. The van der Waals surface area contributed by atoms with E-state index in [-0.39, 0.29) is 5.82 Å². The number of rotatable bonds is 3. The van der Waals surface area contributed by atoms with Crippen LogP contribution in [-0.4, -0.2) is 28.6 Å². The lowest BCUT2D eigenvalue weighted by atomic mass is 9.78. The zero-order valence-corrected chi connectivity index (χ0v) is 12.9. The van der Waals surface area contributed by atoms with Crippen molar-refractivity contribution in [3.05, 3.63) is 35.6 Å². The molecule has 2 rings (SSSR count). The number of ether oxygens (including phenoxy) is 1. The Bertz CT molecular complexity index is 517. The van der Waals surface area contributed by atoms with Gasteiger partial charge in [-0.25, -0.2) is 4.39 Å². The molecule has 2 N–H and O–H groups in total. The molecule has 0 aromatic heterocycles. The molecule has 1 aliphatic rings. The molecule has 22 heavy (non-hydrogen) atoms. The second-order valence-electron chi connectivity index (χ2n) is 5.09. The van der Waals surface area contributed by atoms with Crippen molar-refractivity contribution in [1.82, 2.24) is 0 Å². The van der Waals surface area contributed by atoms with Crippen molar-refractivity contribution in [3.63, 3.8) is 0 Å². The van der Waals surface area contributed by atoms with Crippen molar-refractivity contribution >= 4 is 11.7 Å². The molecule has 0 atom stereocenters. The molecular weight excluding hydrogens is 289 g/mol. The minimum Gasteiger partial charge on any atom is -0.481 e. The summed E-state index contributed by atoms with van der Waals surface area (Å²) in [7, 11) is 0. The molecule has 0 saturated heterocycles. The number of benzene rings is 1. The SMILES string of the molecule is CC(=O)O.CCOC1(c2ccccc2F)CCC(=NO)CC1. The Labute approximate surface area is 129 Å². The average Bonchev–Trinajstić information content (AvgIpc) is 2.48. The number of carboxylic acids is 1. The largest absolute Gasteiger partial charge is 0.481 e. The van der Waals surface area contributed by atoms with Gasteiger partial charge in [0.2, 0.25) is 0 Å². The normalized spacial score (nSPS) is 20.8. The highest BCUT2D eigenvalue weighted by Gasteiger charge is 2.38. The number of hydrogen-bond acceptors (Lipinski definition) is 4. The van der Waals surface area contributed by atoms with Crippen molar-refractivity contribution < 1.29 is 24.2 Å². The molecule has 1 fully saturated rings. The lowest BCUT2D eigenvalue weighted by Gasteiger charge is -2.37. The molecule has 0 radical (unpaired) electrons. The molecule has 0 aliphatic heterocycles. The highest BCUT2D eigenvalue weighted by atomic mass is 19.1. The lowest BCUT2D eigenvalue weighted by molar-refractivity contribution is -0.134. The van der Waals surface area contributed by atoms with Crippen molar-refractivity contribution in [2.24, 2.45) is 5.16 Å². The van der Waals surface area contributed by atoms with E-state index in [1.807, 2.05) is 13.0 Å². The molecule has 0 unspecified atom stereocenters. The van der Waals surface area contributed by atoms with Crippen LogP contribution in [0.3, 0.4) is 0 Å². The Morgan fingerprint density at radius 1 is 1.36 bits per heavy atom. The topological polar surface area (TPSA) is 79.1 Å². The van der Waals surface area contributed by atoms with Gasteiger partial charge in [0.1, 0.15) is 5.82 Å². The predicted molar refractivity (Wildman–Crippen MR) is 80.7 cm³/mol. The summed E-state index contributed by atoms with van der Waals surface area (Å²) in [4.78, 5) is 9.00. The van der Waals surface area contributed by atoms with E-state index in [0.717, 1.165) is 12.6 Å². The van der Waals surface area contributed by atoms with Crippen molar-refractivity contribution in [2.75, 3.05) is 6.61 Å². The maximum atomic E-state index is 14.0. The Hall–Kier alpha value is -1.95. The molecule has 1 aromatic rings. The molecular formula is C16H22FNO4. The molecule has 0 heterocycles. The Balaban J connectivity index is 0.000000541. The van der Waals surface area contributed by atoms with Crippen LogP contribution >= 0.6 is 0 Å². The predicted octanol–water partition coefficient (Wildman–Crippen LogP) is 3.55. The number of carbonyl (C=O) groups is 1. The van der Waals surface area contributed by atoms with Crippen LogP contribution in [0.4, 0.5) is 4.39 Å². The molecule has 5 nitrogen and oxygen atoms in total. The van der Waals surface area contributed by atoms with Crippen LogP contribution < -0.4 is 0 Å². The van der Waals surface area contributed by atoms with Gasteiger partial charge in [-0.05, 0) is 38.7 Å². The number of aliphatic carboxylic acids is 1. The van der Waals surface area contributed by atoms with Crippen LogP contribution in [0, 0.1) is 5.82 Å². The summed E-state index contributed by atoms with van der Waals surface area (Å²) in [5.41, 5.74) is 0.805. The van der Waals surface area contributed by atoms with Crippen LogP contribution in [0.5, 0.6) is 0 Å². The first kappa shape index (κ1) is 18.1. The van der Waals surface area contributed by atoms with Crippen LogP contribution in [0.15, 0.2) is 29.4 Å². The summed E-state index contributed by atoms with van der Waals surface area (Å²) in [6.07, 6.45) is 2.60. The molecule has 1 saturated carbocycles. The molecule has 0 bridgehead atoms. The molecule has 122 valence electrons. The van der Waals surface area contributed by atoms with Gasteiger partial charge >= 0.3 is 0 Å². The Morgan fingerprint density at radius 2 is 1.91 bits per heavy atom. The van der Waals surface area contributed by atoms with Gasteiger partial charge in [-0.2, -0.15) is 0 Å². The minimum atomic E-state index is -0.833. The summed E-state index contributed by atoms with van der Waals surface area (Å²) in [5, 5.41) is 19.5. The van der Waals surface area contributed by atoms with E-state index in [0.29, 0.717) is 37.9 Å². The number of oxime groups is 1. The first-order valence-electron chi connectivity index (χ1n) is 7.23. The van der Waals surface area contributed by atoms with Gasteiger partial charge in [-0.15, -0.1) is 0 Å². The first-order chi connectivity index (χ1) is 10.4. The summed E-state index contributed by atoms with van der Waals surface area (Å²) in [6, 6.07) is 6.76. The first-order valence-corrected chi connectivity index (χ1v) is 7.23. The average molecular weight is 311 g/mol. The molecule has 0 amide bonds. The maximum Gasteiger partial charge on any atom is 0.300 e. The van der Waals surface area contributed by atoms with E-state index < -0.39 is 11.6 Å². The second-order valence-corrected chi connectivity index (χ2v) is 5.09. The summed E-state index contributed by atoms with van der Waals surface area (Å²) in [6.45, 7) is 3.54. The van der Waals surface area contributed by atoms with Crippen molar-refractivity contribution in [3.8, 4) is 0 Å². The van der Waals surface area contributed by atoms with Gasteiger partial charge < -0.3 is 15.1 Å². The third-order valence-electron chi connectivity index (χ3n) is 3.56. The summed E-state index contributed by atoms with van der Waals surface area (Å²) >= 11 is 0. The van der Waals surface area contributed by atoms with E-state index in [9.17, 15) is 4.39 Å². The van der Waals surface area contributed by atoms with E-state index in [1.165, 1.54) is 6.07 Å². The monoisotopic (exact) mass is 311 g/mol. The van der Waals surface area contributed by atoms with Gasteiger partial charge in [0.05, 0.1) is 11.3 Å². The molecule has 1 aromatic carbocycles. The van der Waals surface area contributed by atoms with Crippen LogP contribution in [-0.2, 0) is 15.1 Å². The van der Waals surface area contributed by atoms with E-state index in [1.54, 1.807) is 12.1 Å². The fraction of sp³-hybridized carbons (Fsp3) is 0.500. The van der Waals surface area contributed by atoms with Crippen molar-refractivity contribution in [1.29, 1.82) is 0 Å². The fourth-order valence-corrected chi connectivity index (χ4v) is 2.64.